The van der Waals surface area contributed by atoms with Crippen LogP contribution in [-0.2, 0) is 4.79 Å². The molecule has 0 amide bonds. The lowest BCUT2D eigenvalue weighted by atomic mass is 10.2. The first kappa shape index (κ1) is 8.39. The van der Waals surface area contributed by atoms with Crippen molar-refractivity contribution in [2.24, 2.45) is 5.73 Å². The lowest BCUT2D eigenvalue weighted by molar-refractivity contribution is -0.137. The number of carboxylic acid groups (broad SMARTS) is 1. The second-order valence-corrected chi connectivity index (χ2v) is 1.87. The van der Waals surface area contributed by atoms with Crippen molar-refractivity contribution in [1.29, 1.82) is 0 Å². The van der Waals surface area contributed by atoms with Crippen molar-refractivity contribution in [3.63, 3.8) is 0 Å². The summed E-state index contributed by atoms with van der Waals surface area (Å²) in [6.45, 7) is -0.0472. The van der Waals surface area contributed by atoms with Crippen LogP contribution in [0.25, 0.3) is 0 Å². The van der Waals surface area contributed by atoms with Crippen LogP contribution in [0.4, 0.5) is 0 Å². The molecule has 4 heteroatoms. The number of hydrogen-bond acceptors (Lipinski definition) is 3. The third-order valence-electron chi connectivity index (χ3n) is 0.937. The predicted octanol–water partition coefficient (Wildman–Crippen LogP) is -0.829. The molecule has 0 aromatic rings. The van der Waals surface area contributed by atoms with Crippen molar-refractivity contribution in [3.05, 3.63) is 0 Å². The van der Waals surface area contributed by atoms with Gasteiger partial charge in [-0.25, -0.2) is 0 Å². The number of hydrogen-bond donors (Lipinski definition) is 3. The van der Waals surface area contributed by atoms with Crippen LogP contribution < -0.4 is 5.73 Å². The number of nitrogens with two attached hydrogens (primary N) is 1. The summed E-state index contributed by atoms with van der Waals surface area (Å²) in [7, 11) is 0. The molecular weight excluding hydrogens is 122 g/mol. The number of rotatable bonds is 4. The summed E-state index contributed by atoms with van der Waals surface area (Å²) in [5.41, 5.74) is 5.24. The van der Waals surface area contributed by atoms with Gasteiger partial charge in [0.15, 0.2) is 0 Å². The maximum absolute atomic E-state index is 9.92. The topological polar surface area (TPSA) is 83.5 Å². The third-order valence-corrected chi connectivity index (χ3v) is 0.937. The maximum Gasteiger partial charge on any atom is 0.304 e. The number of carboxylic acids is 1. The molecule has 0 radical (unpaired) electrons. The summed E-state index contributed by atoms with van der Waals surface area (Å²) >= 11 is 0. The first-order valence-corrected chi connectivity index (χ1v) is 2.75. The van der Waals surface area contributed by atoms with Crippen molar-refractivity contribution in [2.45, 2.75) is 18.9 Å². The van der Waals surface area contributed by atoms with E-state index >= 15 is 0 Å². The smallest absolute Gasteiger partial charge is 0.304 e. The molecule has 54 valence electrons. The van der Waals surface area contributed by atoms with E-state index in [2.05, 4.69) is 0 Å². The molecule has 0 unspecified atom stereocenters. The molecule has 0 spiro atoms. The normalized spacial score (nSPS) is 13.1. The van der Waals surface area contributed by atoms with Gasteiger partial charge in [0, 0.05) is 12.6 Å². The summed E-state index contributed by atoms with van der Waals surface area (Å²) in [4.78, 5) is 9.92. The maximum atomic E-state index is 9.92. The van der Waals surface area contributed by atoms with Crippen LogP contribution in [0.15, 0.2) is 0 Å². The van der Waals surface area contributed by atoms with Gasteiger partial charge in [0.2, 0.25) is 0 Å². The van der Waals surface area contributed by atoms with E-state index in [0.29, 0.717) is 6.42 Å². The van der Waals surface area contributed by atoms with Crippen LogP contribution in [0.2, 0.25) is 0 Å². The van der Waals surface area contributed by atoms with Crippen molar-refractivity contribution in [1.82, 2.24) is 0 Å². The minimum Gasteiger partial charge on any atom is -0.481 e. The zero-order valence-electron chi connectivity index (χ0n) is 5.08. The number of aliphatic hydroxyl groups is 1. The average Bonchev–Trinajstić information content (AvgIpc) is 1.63. The largest absolute Gasteiger partial charge is 0.481 e. The molecule has 0 aliphatic heterocycles. The fraction of sp³-hybridized carbons (Fsp3) is 0.800. The summed E-state index contributed by atoms with van der Waals surface area (Å²) in [5, 5.41) is 16.4. The Kier molecular flexibility index (Phi) is 4.00. The highest BCUT2D eigenvalue weighted by Crippen LogP contribution is 1.91. The van der Waals surface area contributed by atoms with Gasteiger partial charge < -0.3 is 15.9 Å². The Hall–Kier alpha value is -0.610. The van der Waals surface area contributed by atoms with E-state index in [4.69, 9.17) is 15.9 Å². The Morgan fingerprint density at radius 1 is 1.67 bits per heavy atom. The van der Waals surface area contributed by atoms with Gasteiger partial charge in [0.05, 0.1) is 6.42 Å². The van der Waals surface area contributed by atoms with E-state index in [1.165, 1.54) is 0 Å². The van der Waals surface area contributed by atoms with Gasteiger partial charge in [0.25, 0.3) is 0 Å². The molecule has 0 aliphatic carbocycles. The van der Waals surface area contributed by atoms with E-state index in [9.17, 15) is 4.79 Å². The quantitative estimate of drug-likeness (QED) is 0.467. The summed E-state index contributed by atoms with van der Waals surface area (Å²) in [6, 6.07) is -0.410. The molecule has 0 aliphatic rings. The van der Waals surface area contributed by atoms with Crippen molar-refractivity contribution < 1.29 is 15.0 Å². The third kappa shape index (κ3) is 5.26. The molecule has 0 saturated heterocycles. The molecule has 9 heavy (non-hydrogen) atoms. The Bertz CT molecular complexity index is 94.2. The fourth-order valence-electron chi connectivity index (χ4n) is 0.492. The number of aliphatic hydroxyl groups excluding tert-OH is 1. The van der Waals surface area contributed by atoms with E-state index < -0.39 is 12.0 Å². The molecule has 0 saturated carbocycles. The first-order valence-electron chi connectivity index (χ1n) is 2.75. The Balaban J connectivity index is 3.26. The molecule has 0 aromatic heterocycles. The van der Waals surface area contributed by atoms with Gasteiger partial charge >= 0.3 is 5.97 Å². The standard InChI is InChI=1S/C5H11NO3/c6-4(1-2-7)3-5(8)9/h4,7H,1-3,6H2,(H,8,9)/t4-/m0/s1. The number of carbonyl (C=O) groups is 1. The van der Waals surface area contributed by atoms with E-state index in [1.54, 1.807) is 0 Å². The zero-order chi connectivity index (χ0) is 7.28. The van der Waals surface area contributed by atoms with Crippen LogP contribution >= 0.6 is 0 Å². The molecule has 0 heterocycles. The minimum absolute atomic E-state index is 0.0472. The summed E-state index contributed by atoms with van der Waals surface area (Å²) < 4.78 is 0. The molecule has 0 aromatic carbocycles. The predicted molar refractivity (Wildman–Crippen MR) is 31.9 cm³/mol. The molecule has 0 rings (SSSR count). The number of aliphatic carboxylic acids is 1. The van der Waals surface area contributed by atoms with E-state index in [-0.39, 0.29) is 13.0 Å². The van der Waals surface area contributed by atoms with Gasteiger partial charge in [-0.3, -0.25) is 4.79 Å². The lowest BCUT2D eigenvalue weighted by Gasteiger charge is -2.03. The Morgan fingerprint density at radius 3 is 2.56 bits per heavy atom. The summed E-state index contributed by atoms with van der Waals surface area (Å²) in [6.07, 6.45) is 0.285. The molecule has 4 nitrogen and oxygen atoms in total. The van der Waals surface area contributed by atoms with Crippen LogP contribution in [0, 0.1) is 0 Å². The molecule has 4 N–H and O–H groups in total. The summed E-state index contributed by atoms with van der Waals surface area (Å²) in [5.74, 6) is -0.920. The monoisotopic (exact) mass is 133 g/mol. The Morgan fingerprint density at radius 2 is 2.22 bits per heavy atom. The van der Waals surface area contributed by atoms with Gasteiger partial charge in [-0.2, -0.15) is 0 Å². The van der Waals surface area contributed by atoms with Crippen LogP contribution in [0.1, 0.15) is 12.8 Å². The van der Waals surface area contributed by atoms with Crippen LogP contribution in [0.3, 0.4) is 0 Å². The lowest BCUT2D eigenvalue weighted by Crippen LogP contribution is -2.24. The highest BCUT2D eigenvalue weighted by Gasteiger charge is 2.05. The van der Waals surface area contributed by atoms with E-state index in [1.807, 2.05) is 0 Å². The zero-order valence-corrected chi connectivity index (χ0v) is 5.08. The van der Waals surface area contributed by atoms with Gasteiger partial charge in [-0.1, -0.05) is 0 Å². The molecular formula is C5H11NO3. The van der Waals surface area contributed by atoms with Gasteiger partial charge in [-0.15, -0.1) is 0 Å². The Labute approximate surface area is 53.3 Å². The van der Waals surface area contributed by atoms with Crippen molar-refractivity contribution in [2.75, 3.05) is 6.61 Å². The second-order valence-electron chi connectivity index (χ2n) is 1.87. The molecule has 0 bridgehead atoms. The first-order chi connectivity index (χ1) is 4.16. The fourth-order valence-corrected chi connectivity index (χ4v) is 0.492. The second kappa shape index (κ2) is 4.29. The highest BCUT2D eigenvalue weighted by atomic mass is 16.4. The SMILES string of the molecule is N[C@@H](CCO)CC(=O)O. The van der Waals surface area contributed by atoms with E-state index in [0.717, 1.165) is 0 Å². The van der Waals surface area contributed by atoms with Crippen molar-refractivity contribution >= 4 is 5.97 Å². The molecule has 1 atom stereocenters. The van der Waals surface area contributed by atoms with Crippen LogP contribution in [0.5, 0.6) is 0 Å². The highest BCUT2D eigenvalue weighted by molar-refractivity contribution is 5.67. The average molecular weight is 133 g/mol. The van der Waals surface area contributed by atoms with Gasteiger partial charge in [0.1, 0.15) is 0 Å². The van der Waals surface area contributed by atoms with Gasteiger partial charge in [-0.05, 0) is 6.42 Å². The van der Waals surface area contributed by atoms with Crippen LogP contribution in [-0.4, -0.2) is 28.8 Å². The molecule has 0 fully saturated rings. The minimum atomic E-state index is -0.920. The van der Waals surface area contributed by atoms with Crippen molar-refractivity contribution in [3.8, 4) is 0 Å².